The molecule has 0 bridgehead atoms. The maximum atomic E-state index is 8.99. The third-order valence-electron chi connectivity index (χ3n) is 3.18. The standard InChI is InChI=1S/C16H11BrN4/c17-13-3-1-11-8-14(4-2-10(11)7-13)21-16-15(19)12(9-18)5-6-20-16/h1-8H,19H2,(H,20,21). The van der Waals surface area contributed by atoms with Crippen molar-refractivity contribution in [3.05, 3.63) is 58.7 Å². The monoisotopic (exact) mass is 338 g/mol. The van der Waals surface area contributed by atoms with Gasteiger partial charge in [0.05, 0.1) is 11.3 Å². The third-order valence-corrected chi connectivity index (χ3v) is 3.67. The molecule has 4 nitrogen and oxygen atoms in total. The van der Waals surface area contributed by atoms with Crippen LogP contribution in [0.3, 0.4) is 0 Å². The molecule has 0 amide bonds. The van der Waals surface area contributed by atoms with Crippen LogP contribution >= 0.6 is 15.9 Å². The zero-order valence-corrected chi connectivity index (χ0v) is 12.6. The topological polar surface area (TPSA) is 74.7 Å². The molecule has 21 heavy (non-hydrogen) atoms. The van der Waals surface area contributed by atoms with E-state index in [0.29, 0.717) is 17.1 Å². The second-order valence-electron chi connectivity index (χ2n) is 4.56. The largest absolute Gasteiger partial charge is 0.395 e. The van der Waals surface area contributed by atoms with Gasteiger partial charge in [0.25, 0.3) is 0 Å². The average molecular weight is 339 g/mol. The predicted molar refractivity (Wildman–Crippen MR) is 88.3 cm³/mol. The Morgan fingerprint density at radius 2 is 1.86 bits per heavy atom. The van der Waals surface area contributed by atoms with Crippen molar-refractivity contribution in [2.45, 2.75) is 0 Å². The lowest BCUT2D eigenvalue weighted by Crippen LogP contribution is -2.01. The first-order chi connectivity index (χ1) is 10.2. The van der Waals surface area contributed by atoms with Crippen LogP contribution in [0.25, 0.3) is 10.8 Å². The van der Waals surface area contributed by atoms with Crippen molar-refractivity contribution < 1.29 is 0 Å². The summed E-state index contributed by atoms with van der Waals surface area (Å²) in [4.78, 5) is 4.18. The highest BCUT2D eigenvalue weighted by Gasteiger charge is 2.06. The highest BCUT2D eigenvalue weighted by Crippen LogP contribution is 2.27. The zero-order valence-electron chi connectivity index (χ0n) is 11.0. The van der Waals surface area contributed by atoms with Crippen LogP contribution in [-0.2, 0) is 0 Å². The highest BCUT2D eigenvalue weighted by molar-refractivity contribution is 9.10. The Balaban J connectivity index is 1.99. The lowest BCUT2D eigenvalue weighted by atomic mass is 10.1. The van der Waals surface area contributed by atoms with E-state index in [1.165, 1.54) is 0 Å². The number of pyridine rings is 1. The summed E-state index contributed by atoms with van der Waals surface area (Å²) in [6.07, 6.45) is 1.56. The first-order valence-electron chi connectivity index (χ1n) is 6.28. The van der Waals surface area contributed by atoms with E-state index >= 15 is 0 Å². The van der Waals surface area contributed by atoms with Crippen molar-refractivity contribution in [2.24, 2.45) is 0 Å². The van der Waals surface area contributed by atoms with Crippen LogP contribution in [0.15, 0.2) is 53.1 Å². The summed E-state index contributed by atoms with van der Waals surface area (Å²) in [5, 5.41) is 14.4. The van der Waals surface area contributed by atoms with Crippen LogP contribution in [0.4, 0.5) is 17.2 Å². The van der Waals surface area contributed by atoms with E-state index in [2.05, 4.69) is 32.3 Å². The SMILES string of the molecule is N#Cc1ccnc(Nc2ccc3cc(Br)ccc3c2)c1N. The first-order valence-corrected chi connectivity index (χ1v) is 7.07. The maximum Gasteiger partial charge on any atom is 0.154 e. The fourth-order valence-electron chi connectivity index (χ4n) is 2.10. The van der Waals surface area contributed by atoms with Crippen molar-refractivity contribution in [3.63, 3.8) is 0 Å². The molecule has 5 heteroatoms. The molecule has 0 saturated heterocycles. The summed E-state index contributed by atoms with van der Waals surface area (Å²) in [5.74, 6) is 0.491. The lowest BCUT2D eigenvalue weighted by molar-refractivity contribution is 1.30. The van der Waals surface area contributed by atoms with Crippen molar-refractivity contribution in [1.82, 2.24) is 4.98 Å². The first kappa shape index (κ1) is 13.4. The number of anilines is 3. The smallest absolute Gasteiger partial charge is 0.154 e. The number of aromatic nitrogens is 1. The van der Waals surface area contributed by atoms with Crippen molar-refractivity contribution in [3.8, 4) is 6.07 Å². The number of fused-ring (bicyclic) bond motifs is 1. The minimum Gasteiger partial charge on any atom is -0.395 e. The molecule has 3 rings (SSSR count). The molecule has 0 saturated carbocycles. The Bertz CT molecular complexity index is 868. The molecular formula is C16H11BrN4. The van der Waals surface area contributed by atoms with E-state index in [1.54, 1.807) is 12.3 Å². The molecule has 0 radical (unpaired) electrons. The molecule has 3 N–H and O–H groups in total. The molecule has 0 spiro atoms. The quantitative estimate of drug-likeness (QED) is 0.734. The van der Waals surface area contributed by atoms with E-state index in [9.17, 15) is 0 Å². The summed E-state index contributed by atoms with van der Waals surface area (Å²) in [7, 11) is 0. The Hall–Kier alpha value is -2.58. The summed E-state index contributed by atoms with van der Waals surface area (Å²) in [5.41, 5.74) is 7.57. The molecule has 2 aromatic carbocycles. The van der Waals surface area contributed by atoms with Crippen LogP contribution in [0.2, 0.25) is 0 Å². The molecule has 0 fully saturated rings. The lowest BCUT2D eigenvalue weighted by Gasteiger charge is -2.10. The fraction of sp³-hybridized carbons (Fsp3) is 0. The van der Waals surface area contributed by atoms with Gasteiger partial charge in [0.1, 0.15) is 6.07 Å². The van der Waals surface area contributed by atoms with Gasteiger partial charge < -0.3 is 11.1 Å². The van der Waals surface area contributed by atoms with Gasteiger partial charge in [-0.05, 0) is 41.1 Å². The van der Waals surface area contributed by atoms with Crippen molar-refractivity contribution in [2.75, 3.05) is 11.1 Å². The molecule has 3 aromatic rings. The molecule has 1 aromatic heterocycles. The van der Waals surface area contributed by atoms with Crippen LogP contribution in [0, 0.1) is 11.3 Å². The molecule has 0 aliphatic heterocycles. The number of nitrogens with two attached hydrogens (primary N) is 1. The van der Waals surface area contributed by atoms with Gasteiger partial charge in [-0.3, -0.25) is 0 Å². The van der Waals surface area contributed by atoms with E-state index in [4.69, 9.17) is 11.0 Å². The number of benzene rings is 2. The minimum atomic E-state index is 0.357. The Morgan fingerprint density at radius 3 is 2.67 bits per heavy atom. The zero-order chi connectivity index (χ0) is 14.8. The molecule has 102 valence electrons. The number of halogens is 1. The Morgan fingerprint density at radius 1 is 1.10 bits per heavy atom. The number of nitrogens with one attached hydrogen (secondary N) is 1. The summed E-state index contributed by atoms with van der Waals surface area (Å²) < 4.78 is 1.04. The van der Waals surface area contributed by atoms with Gasteiger partial charge in [-0.25, -0.2) is 4.98 Å². The Kier molecular flexibility index (Phi) is 3.46. The molecular weight excluding hydrogens is 328 g/mol. The highest BCUT2D eigenvalue weighted by atomic mass is 79.9. The van der Waals surface area contributed by atoms with Crippen LogP contribution in [0.5, 0.6) is 0 Å². The summed E-state index contributed by atoms with van der Waals surface area (Å²) >= 11 is 3.46. The molecule has 0 aliphatic carbocycles. The third kappa shape index (κ3) is 2.67. The number of nitrogen functional groups attached to an aromatic ring is 1. The van der Waals surface area contributed by atoms with E-state index in [0.717, 1.165) is 20.9 Å². The van der Waals surface area contributed by atoms with Gasteiger partial charge in [-0.15, -0.1) is 0 Å². The second kappa shape index (κ2) is 5.43. The summed E-state index contributed by atoms with van der Waals surface area (Å²) in [6, 6.07) is 15.7. The van der Waals surface area contributed by atoms with E-state index < -0.39 is 0 Å². The van der Waals surface area contributed by atoms with Crippen LogP contribution in [0.1, 0.15) is 5.56 Å². The van der Waals surface area contributed by atoms with Gasteiger partial charge in [-0.2, -0.15) is 5.26 Å². The van der Waals surface area contributed by atoms with Gasteiger partial charge in [0, 0.05) is 16.4 Å². The minimum absolute atomic E-state index is 0.357. The fourth-order valence-corrected chi connectivity index (χ4v) is 2.48. The number of nitrogens with zero attached hydrogens (tertiary/aromatic N) is 2. The van der Waals surface area contributed by atoms with Gasteiger partial charge in [-0.1, -0.05) is 28.1 Å². The number of rotatable bonds is 2. The normalized spacial score (nSPS) is 10.3. The van der Waals surface area contributed by atoms with Crippen LogP contribution in [-0.4, -0.2) is 4.98 Å². The molecule has 0 atom stereocenters. The van der Waals surface area contributed by atoms with Gasteiger partial charge in [0.2, 0.25) is 0 Å². The van der Waals surface area contributed by atoms with E-state index in [1.807, 2.05) is 36.4 Å². The number of hydrogen-bond donors (Lipinski definition) is 2. The van der Waals surface area contributed by atoms with Gasteiger partial charge in [0.15, 0.2) is 5.82 Å². The maximum absolute atomic E-state index is 8.99. The second-order valence-corrected chi connectivity index (χ2v) is 5.48. The Labute approximate surface area is 130 Å². The van der Waals surface area contributed by atoms with Crippen LogP contribution < -0.4 is 11.1 Å². The molecule has 0 unspecified atom stereocenters. The predicted octanol–water partition coefficient (Wildman–Crippen LogP) is 4.19. The molecule has 0 aliphatic rings. The summed E-state index contributed by atoms with van der Waals surface area (Å²) in [6.45, 7) is 0. The van der Waals surface area contributed by atoms with Crippen molar-refractivity contribution >= 4 is 43.9 Å². The number of nitriles is 1. The van der Waals surface area contributed by atoms with Gasteiger partial charge >= 0.3 is 0 Å². The van der Waals surface area contributed by atoms with Crippen molar-refractivity contribution in [1.29, 1.82) is 5.26 Å². The molecule has 1 heterocycles. The van der Waals surface area contributed by atoms with E-state index in [-0.39, 0.29) is 0 Å². The average Bonchev–Trinajstić information content (AvgIpc) is 2.49. The number of hydrogen-bond acceptors (Lipinski definition) is 4.